The van der Waals surface area contributed by atoms with Crippen LogP contribution in [0.5, 0.6) is 0 Å². The Morgan fingerprint density at radius 1 is 1.50 bits per heavy atom. The quantitative estimate of drug-likeness (QED) is 0.579. The van der Waals surface area contributed by atoms with E-state index in [1.165, 1.54) is 0 Å². The number of ether oxygens (including phenoxy) is 1. The van der Waals surface area contributed by atoms with Gasteiger partial charge in [-0.05, 0) is 11.3 Å². The Hall–Kier alpha value is 0.250. The highest BCUT2D eigenvalue weighted by molar-refractivity contribution is 6.17. The van der Waals surface area contributed by atoms with Crippen molar-refractivity contribution in [3.05, 3.63) is 0 Å². The van der Waals surface area contributed by atoms with Crippen molar-refractivity contribution in [2.75, 3.05) is 12.5 Å². The van der Waals surface area contributed by atoms with Crippen LogP contribution in [0.2, 0.25) is 0 Å². The first-order valence-electron chi connectivity index (χ1n) is 3.78. The van der Waals surface area contributed by atoms with Gasteiger partial charge in [-0.25, -0.2) is 0 Å². The van der Waals surface area contributed by atoms with Gasteiger partial charge in [0.25, 0.3) is 0 Å². The standard InChI is InChI=1S/C8H15ClO/c1-6-7(8(6,2)3)10-5-4-9/h6-7H,4-5H2,1-3H3. The third-order valence-electron chi connectivity index (χ3n) is 2.63. The summed E-state index contributed by atoms with van der Waals surface area (Å²) in [6.45, 7) is 7.38. The van der Waals surface area contributed by atoms with Crippen LogP contribution in [-0.2, 0) is 4.74 Å². The summed E-state index contributed by atoms with van der Waals surface area (Å²) in [6, 6.07) is 0. The van der Waals surface area contributed by atoms with E-state index >= 15 is 0 Å². The Kier molecular flexibility index (Phi) is 2.26. The molecule has 60 valence electrons. The van der Waals surface area contributed by atoms with Crippen molar-refractivity contribution in [2.45, 2.75) is 26.9 Å². The number of hydrogen-bond donors (Lipinski definition) is 0. The van der Waals surface area contributed by atoms with Crippen molar-refractivity contribution in [3.63, 3.8) is 0 Å². The summed E-state index contributed by atoms with van der Waals surface area (Å²) in [7, 11) is 0. The van der Waals surface area contributed by atoms with Crippen LogP contribution >= 0.6 is 11.6 Å². The van der Waals surface area contributed by atoms with Crippen LogP contribution < -0.4 is 0 Å². The largest absolute Gasteiger partial charge is 0.376 e. The summed E-state index contributed by atoms with van der Waals surface area (Å²) >= 11 is 5.49. The van der Waals surface area contributed by atoms with Crippen LogP contribution in [0.15, 0.2) is 0 Å². The van der Waals surface area contributed by atoms with Crippen LogP contribution in [0, 0.1) is 11.3 Å². The number of rotatable bonds is 3. The van der Waals surface area contributed by atoms with Crippen molar-refractivity contribution in [1.29, 1.82) is 0 Å². The summed E-state index contributed by atoms with van der Waals surface area (Å²) in [4.78, 5) is 0. The maximum absolute atomic E-state index is 5.50. The first-order valence-corrected chi connectivity index (χ1v) is 4.31. The van der Waals surface area contributed by atoms with Gasteiger partial charge in [0, 0.05) is 5.88 Å². The van der Waals surface area contributed by atoms with E-state index in [2.05, 4.69) is 20.8 Å². The molecule has 1 saturated carbocycles. The van der Waals surface area contributed by atoms with Gasteiger partial charge in [0.05, 0.1) is 12.7 Å². The molecule has 0 amide bonds. The summed E-state index contributed by atoms with van der Waals surface area (Å²) < 4.78 is 5.50. The van der Waals surface area contributed by atoms with Crippen molar-refractivity contribution in [2.24, 2.45) is 11.3 Å². The Bertz CT molecular complexity index is 122. The van der Waals surface area contributed by atoms with E-state index in [1.54, 1.807) is 0 Å². The molecular weight excluding hydrogens is 148 g/mol. The molecule has 0 aromatic carbocycles. The molecule has 2 atom stereocenters. The van der Waals surface area contributed by atoms with Crippen LogP contribution in [0.4, 0.5) is 0 Å². The zero-order valence-electron chi connectivity index (χ0n) is 6.86. The second kappa shape index (κ2) is 2.71. The normalized spacial score (nSPS) is 36.0. The lowest BCUT2D eigenvalue weighted by Crippen LogP contribution is -2.03. The van der Waals surface area contributed by atoms with E-state index in [9.17, 15) is 0 Å². The maximum Gasteiger partial charge on any atom is 0.0661 e. The average Bonchev–Trinajstić information content (AvgIpc) is 2.31. The van der Waals surface area contributed by atoms with E-state index in [4.69, 9.17) is 16.3 Å². The molecule has 2 unspecified atom stereocenters. The van der Waals surface area contributed by atoms with E-state index in [0.29, 0.717) is 29.9 Å². The van der Waals surface area contributed by atoms with Crippen LogP contribution in [0.1, 0.15) is 20.8 Å². The Morgan fingerprint density at radius 3 is 2.30 bits per heavy atom. The third-order valence-corrected chi connectivity index (χ3v) is 2.78. The second-order valence-electron chi connectivity index (χ2n) is 3.59. The van der Waals surface area contributed by atoms with Gasteiger partial charge < -0.3 is 4.74 Å². The minimum absolute atomic E-state index is 0.395. The fourth-order valence-corrected chi connectivity index (χ4v) is 1.46. The predicted molar refractivity (Wildman–Crippen MR) is 43.4 cm³/mol. The highest BCUT2D eigenvalue weighted by atomic mass is 35.5. The molecular formula is C8H15ClO. The van der Waals surface area contributed by atoms with Gasteiger partial charge in [-0.1, -0.05) is 20.8 Å². The van der Waals surface area contributed by atoms with Crippen molar-refractivity contribution in [1.82, 2.24) is 0 Å². The smallest absolute Gasteiger partial charge is 0.0661 e. The fourth-order valence-electron chi connectivity index (χ4n) is 1.37. The lowest BCUT2D eigenvalue weighted by molar-refractivity contribution is 0.105. The van der Waals surface area contributed by atoms with Gasteiger partial charge in [-0.15, -0.1) is 11.6 Å². The fraction of sp³-hybridized carbons (Fsp3) is 1.00. The molecule has 0 saturated heterocycles. The summed E-state index contributed by atoms with van der Waals surface area (Å²) in [6.07, 6.45) is 0.450. The summed E-state index contributed by atoms with van der Waals surface area (Å²) in [5.74, 6) is 1.31. The van der Waals surface area contributed by atoms with E-state index < -0.39 is 0 Å². The molecule has 0 heterocycles. The molecule has 0 aliphatic heterocycles. The molecule has 10 heavy (non-hydrogen) atoms. The highest BCUT2D eigenvalue weighted by Crippen LogP contribution is 2.53. The minimum Gasteiger partial charge on any atom is -0.376 e. The van der Waals surface area contributed by atoms with E-state index in [-0.39, 0.29) is 0 Å². The van der Waals surface area contributed by atoms with Crippen LogP contribution in [0.25, 0.3) is 0 Å². The maximum atomic E-state index is 5.50. The molecule has 0 aromatic rings. The van der Waals surface area contributed by atoms with Gasteiger partial charge in [-0.3, -0.25) is 0 Å². The number of halogens is 1. The third kappa shape index (κ3) is 1.30. The number of hydrogen-bond acceptors (Lipinski definition) is 1. The monoisotopic (exact) mass is 162 g/mol. The van der Waals surface area contributed by atoms with Gasteiger partial charge in [0.2, 0.25) is 0 Å². The molecule has 0 radical (unpaired) electrons. The molecule has 1 aliphatic carbocycles. The van der Waals surface area contributed by atoms with Crippen LogP contribution in [0.3, 0.4) is 0 Å². The van der Waals surface area contributed by atoms with Crippen LogP contribution in [-0.4, -0.2) is 18.6 Å². The topological polar surface area (TPSA) is 9.23 Å². The first kappa shape index (κ1) is 8.35. The molecule has 0 bridgehead atoms. The Balaban J connectivity index is 2.22. The lowest BCUT2D eigenvalue weighted by atomic mass is 10.1. The highest BCUT2D eigenvalue weighted by Gasteiger charge is 2.55. The average molecular weight is 163 g/mol. The Labute approximate surface area is 67.7 Å². The van der Waals surface area contributed by atoms with Gasteiger partial charge in [-0.2, -0.15) is 0 Å². The molecule has 1 rings (SSSR count). The molecule has 2 heteroatoms. The molecule has 0 spiro atoms. The SMILES string of the molecule is CC1C(OCCCl)C1(C)C. The molecule has 0 aromatic heterocycles. The summed E-state index contributed by atoms with van der Waals surface area (Å²) in [5, 5.41) is 0. The summed E-state index contributed by atoms with van der Waals surface area (Å²) in [5.41, 5.74) is 0.395. The molecule has 1 nitrogen and oxygen atoms in total. The van der Waals surface area contributed by atoms with Gasteiger partial charge in [0.1, 0.15) is 0 Å². The first-order chi connectivity index (χ1) is 4.60. The molecule has 0 N–H and O–H groups in total. The van der Waals surface area contributed by atoms with Gasteiger partial charge in [0.15, 0.2) is 0 Å². The van der Waals surface area contributed by atoms with Gasteiger partial charge >= 0.3 is 0 Å². The van der Waals surface area contributed by atoms with E-state index in [0.717, 1.165) is 0 Å². The lowest BCUT2D eigenvalue weighted by Gasteiger charge is -2.01. The molecule has 1 fully saturated rings. The van der Waals surface area contributed by atoms with Crippen molar-refractivity contribution >= 4 is 11.6 Å². The number of alkyl halides is 1. The second-order valence-corrected chi connectivity index (χ2v) is 3.97. The Morgan fingerprint density at radius 2 is 2.00 bits per heavy atom. The predicted octanol–water partition coefficient (Wildman–Crippen LogP) is 2.29. The molecule has 1 aliphatic rings. The zero-order chi connectivity index (χ0) is 7.78. The van der Waals surface area contributed by atoms with Crippen molar-refractivity contribution in [3.8, 4) is 0 Å². The van der Waals surface area contributed by atoms with E-state index in [1.807, 2.05) is 0 Å². The van der Waals surface area contributed by atoms with Crippen molar-refractivity contribution < 1.29 is 4.74 Å². The minimum atomic E-state index is 0.395. The zero-order valence-corrected chi connectivity index (χ0v) is 7.61.